The molecule has 4 nitrogen and oxygen atoms in total. The first-order valence-electron chi connectivity index (χ1n) is 5.48. The van der Waals surface area contributed by atoms with Gasteiger partial charge in [0.05, 0.1) is 7.11 Å². The lowest BCUT2D eigenvalue weighted by atomic mass is 10.1. The van der Waals surface area contributed by atoms with E-state index < -0.39 is 0 Å². The fourth-order valence-corrected chi connectivity index (χ4v) is 1.75. The molecule has 1 atom stereocenters. The molecule has 0 fully saturated rings. The quantitative estimate of drug-likeness (QED) is 0.795. The highest BCUT2D eigenvalue weighted by Crippen LogP contribution is 2.33. The molecule has 0 bridgehead atoms. The van der Waals surface area contributed by atoms with Crippen LogP contribution in [-0.4, -0.2) is 17.1 Å². The lowest BCUT2D eigenvalue weighted by molar-refractivity contribution is 0.205. The van der Waals surface area contributed by atoms with Crippen LogP contribution in [0.4, 0.5) is 0 Å². The van der Waals surface area contributed by atoms with Crippen LogP contribution in [0.15, 0.2) is 36.7 Å². The van der Waals surface area contributed by atoms with E-state index in [1.165, 1.54) is 13.4 Å². The van der Waals surface area contributed by atoms with E-state index in [2.05, 4.69) is 9.97 Å². The zero-order valence-electron chi connectivity index (χ0n) is 10.1. The Morgan fingerprint density at radius 2 is 1.89 bits per heavy atom. The maximum Gasteiger partial charge on any atom is 0.262 e. The summed E-state index contributed by atoms with van der Waals surface area (Å²) < 4.78 is 10.9. The van der Waals surface area contributed by atoms with Gasteiger partial charge in [0.25, 0.3) is 5.88 Å². The van der Waals surface area contributed by atoms with Crippen LogP contribution >= 0.6 is 11.6 Å². The molecule has 0 saturated heterocycles. The molecule has 0 N–H and O–H groups in total. The number of ether oxygens (including phenoxy) is 2. The SMILES string of the molecule is COc1c(Cl)ncnc1OC(C)c1ccccc1. The number of aromatic nitrogens is 2. The largest absolute Gasteiger partial charge is 0.489 e. The van der Waals surface area contributed by atoms with Gasteiger partial charge in [0.2, 0.25) is 5.75 Å². The standard InChI is InChI=1S/C13H13ClN2O2/c1-9(10-6-4-3-5-7-10)18-13-11(17-2)12(14)15-8-16-13/h3-9H,1-2H3. The Hall–Kier alpha value is -1.81. The van der Waals surface area contributed by atoms with Gasteiger partial charge in [-0.15, -0.1) is 0 Å². The van der Waals surface area contributed by atoms with Crippen LogP contribution < -0.4 is 9.47 Å². The van der Waals surface area contributed by atoms with Crippen molar-refractivity contribution in [3.63, 3.8) is 0 Å². The summed E-state index contributed by atoms with van der Waals surface area (Å²) in [6, 6.07) is 9.84. The van der Waals surface area contributed by atoms with Crippen molar-refractivity contribution in [2.45, 2.75) is 13.0 Å². The first kappa shape index (κ1) is 12.6. The Morgan fingerprint density at radius 1 is 1.17 bits per heavy atom. The number of nitrogens with zero attached hydrogens (tertiary/aromatic N) is 2. The molecule has 2 rings (SSSR count). The summed E-state index contributed by atoms with van der Waals surface area (Å²) in [4.78, 5) is 7.87. The molecule has 0 aliphatic heterocycles. The highest BCUT2D eigenvalue weighted by Gasteiger charge is 2.15. The van der Waals surface area contributed by atoms with Crippen molar-refractivity contribution in [2.75, 3.05) is 7.11 Å². The number of methoxy groups -OCH3 is 1. The van der Waals surface area contributed by atoms with E-state index in [4.69, 9.17) is 21.1 Å². The minimum atomic E-state index is -0.147. The molecule has 1 aromatic carbocycles. The molecule has 0 saturated carbocycles. The highest BCUT2D eigenvalue weighted by molar-refractivity contribution is 6.31. The van der Waals surface area contributed by atoms with Gasteiger partial charge in [-0.05, 0) is 12.5 Å². The van der Waals surface area contributed by atoms with Crippen LogP contribution in [0.5, 0.6) is 11.6 Å². The zero-order valence-corrected chi connectivity index (χ0v) is 10.9. The molecule has 0 aliphatic carbocycles. The maximum atomic E-state index is 5.90. The maximum absolute atomic E-state index is 5.90. The number of halogens is 1. The van der Waals surface area contributed by atoms with Gasteiger partial charge in [0, 0.05) is 0 Å². The molecule has 5 heteroatoms. The smallest absolute Gasteiger partial charge is 0.262 e. The fraction of sp³-hybridized carbons (Fsp3) is 0.231. The Morgan fingerprint density at radius 3 is 2.56 bits per heavy atom. The third-order valence-electron chi connectivity index (χ3n) is 2.49. The molecule has 1 heterocycles. The molecule has 94 valence electrons. The second kappa shape index (κ2) is 5.69. The number of benzene rings is 1. The normalized spacial score (nSPS) is 11.9. The van der Waals surface area contributed by atoms with Gasteiger partial charge in [0.15, 0.2) is 5.15 Å². The summed E-state index contributed by atoms with van der Waals surface area (Å²) in [5.41, 5.74) is 1.05. The monoisotopic (exact) mass is 264 g/mol. The molecule has 1 aromatic heterocycles. The molecule has 0 radical (unpaired) electrons. The topological polar surface area (TPSA) is 44.2 Å². The summed E-state index contributed by atoms with van der Waals surface area (Å²) in [5, 5.41) is 0.239. The summed E-state index contributed by atoms with van der Waals surface area (Å²) in [7, 11) is 1.50. The van der Waals surface area contributed by atoms with Crippen LogP contribution in [0.1, 0.15) is 18.6 Å². The molecule has 2 aromatic rings. The minimum Gasteiger partial charge on any atom is -0.489 e. The van der Waals surface area contributed by atoms with Crippen molar-refractivity contribution < 1.29 is 9.47 Å². The van der Waals surface area contributed by atoms with E-state index in [1.807, 2.05) is 37.3 Å². The van der Waals surface area contributed by atoms with Gasteiger partial charge in [-0.3, -0.25) is 0 Å². The lowest BCUT2D eigenvalue weighted by Crippen LogP contribution is -2.06. The third kappa shape index (κ3) is 2.71. The van der Waals surface area contributed by atoms with Crippen molar-refractivity contribution in [3.05, 3.63) is 47.4 Å². The fourth-order valence-electron chi connectivity index (χ4n) is 1.55. The average molecular weight is 265 g/mol. The van der Waals surface area contributed by atoms with Gasteiger partial charge < -0.3 is 9.47 Å². The molecular weight excluding hydrogens is 252 g/mol. The number of hydrogen-bond acceptors (Lipinski definition) is 4. The summed E-state index contributed by atoms with van der Waals surface area (Å²) in [5.74, 6) is 0.691. The van der Waals surface area contributed by atoms with Gasteiger partial charge in [0.1, 0.15) is 12.4 Å². The van der Waals surface area contributed by atoms with Crippen molar-refractivity contribution in [2.24, 2.45) is 0 Å². The molecule has 0 spiro atoms. The molecule has 1 unspecified atom stereocenters. The Labute approximate surface area is 111 Å². The van der Waals surface area contributed by atoms with Crippen LogP contribution in [0.25, 0.3) is 0 Å². The van der Waals surface area contributed by atoms with Crippen LogP contribution in [0.2, 0.25) is 5.15 Å². The lowest BCUT2D eigenvalue weighted by Gasteiger charge is -2.16. The van der Waals surface area contributed by atoms with Gasteiger partial charge in [-0.2, -0.15) is 4.98 Å². The number of rotatable bonds is 4. The van der Waals surface area contributed by atoms with E-state index >= 15 is 0 Å². The van der Waals surface area contributed by atoms with Crippen molar-refractivity contribution in [1.82, 2.24) is 9.97 Å². The van der Waals surface area contributed by atoms with Crippen molar-refractivity contribution in [1.29, 1.82) is 0 Å². The molecule has 18 heavy (non-hydrogen) atoms. The van der Waals surface area contributed by atoms with Crippen molar-refractivity contribution >= 4 is 11.6 Å². The Kier molecular flexibility index (Phi) is 3.99. The predicted molar refractivity (Wildman–Crippen MR) is 69.1 cm³/mol. The Balaban J connectivity index is 2.22. The van der Waals surface area contributed by atoms with Crippen LogP contribution in [-0.2, 0) is 0 Å². The second-order valence-electron chi connectivity index (χ2n) is 3.67. The van der Waals surface area contributed by atoms with Crippen molar-refractivity contribution in [3.8, 4) is 11.6 Å². The molecule has 0 aliphatic rings. The van der Waals surface area contributed by atoms with E-state index in [0.717, 1.165) is 5.56 Å². The average Bonchev–Trinajstić information content (AvgIpc) is 2.40. The minimum absolute atomic E-state index is 0.147. The predicted octanol–water partition coefficient (Wildman–Crippen LogP) is 3.28. The summed E-state index contributed by atoms with van der Waals surface area (Å²) in [6.07, 6.45) is 1.20. The summed E-state index contributed by atoms with van der Waals surface area (Å²) >= 11 is 5.90. The number of hydrogen-bond donors (Lipinski definition) is 0. The van der Waals surface area contributed by atoms with Gasteiger partial charge in [-0.1, -0.05) is 41.9 Å². The molecule has 0 amide bonds. The first-order valence-corrected chi connectivity index (χ1v) is 5.86. The third-order valence-corrected chi connectivity index (χ3v) is 2.76. The zero-order chi connectivity index (χ0) is 13.0. The van der Waals surface area contributed by atoms with Crippen LogP contribution in [0.3, 0.4) is 0 Å². The Bertz CT molecular complexity index is 520. The van der Waals surface area contributed by atoms with Gasteiger partial charge in [-0.25, -0.2) is 4.98 Å². The van der Waals surface area contributed by atoms with E-state index in [0.29, 0.717) is 11.6 Å². The van der Waals surface area contributed by atoms with E-state index in [-0.39, 0.29) is 11.3 Å². The molecular formula is C13H13ClN2O2. The first-order chi connectivity index (χ1) is 8.72. The van der Waals surface area contributed by atoms with Crippen LogP contribution in [0, 0.1) is 0 Å². The van der Waals surface area contributed by atoms with E-state index in [9.17, 15) is 0 Å². The van der Waals surface area contributed by atoms with Gasteiger partial charge >= 0.3 is 0 Å². The second-order valence-corrected chi connectivity index (χ2v) is 4.03. The highest BCUT2D eigenvalue weighted by atomic mass is 35.5. The van der Waals surface area contributed by atoms with E-state index in [1.54, 1.807) is 0 Å². The summed E-state index contributed by atoms with van der Waals surface area (Å²) in [6.45, 7) is 1.94.